The third-order valence-electron chi connectivity index (χ3n) is 5.45. The Morgan fingerprint density at radius 1 is 1.31 bits per heavy atom. The predicted octanol–water partition coefficient (Wildman–Crippen LogP) is 2.94. The van der Waals surface area contributed by atoms with Crippen LogP contribution in [0.15, 0.2) is 45.9 Å². The van der Waals surface area contributed by atoms with E-state index in [2.05, 4.69) is 48.2 Å². The van der Waals surface area contributed by atoms with Crippen molar-refractivity contribution in [3.63, 3.8) is 0 Å². The number of likely N-dealkylation sites (tertiary alicyclic amines) is 1. The Bertz CT molecular complexity index is 734. The van der Waals surface area contributed by atoms with Gasteiger partial charge in [0.05, 0.1) is 0 Å². The van der Waals surface area contributed by atoms with Crippen LogP contribution < -0.4 is 5.32 Å². The van der Waals surface area contributed by atoms with Crippen LogP contribution in [0.25, 0.3) is 0 Å². The molecule has 3 rings (SSSR count). The van der Waals surface area contributed by atoms with Gasteiger partial charge >= 0.3 is 0 Å². The van der Waals surface area contributed by atoms with Crippen molar-refractivity contribution in [2.45, 2.75) is 25.4 Å². The molecule has 1 amide bonds. The van der Waals surface area contributed by atoms with Crippen LogP contribution in [-0.2, 0) is 11.3 Å². The number of guanidine groups is 1. The Hall–Kier alpha value is -1.13. The zero-order valence-corrected chi connectivity index (χ0v) is 21.1. The van der Waals surface area contributed by atoms with Crippen molar-refractivity contribution >= 4 is 51.8 Å². The standard InChI is InChI=1S/C21H30BrN5O.HI/c1-23-21(27-14-10-18(16-27)26-12-5-6-13-26)24-11-9-20(28)25(2)15-17-7-3-4-8-19(17)22;/h3-8,18H,9-16H2,1-2H3,(H,23,24);1H. The van der Waals surface area contributed by atoms with Gasteiger partial charge in [-0.3, -0.25) is 14.7 Å². The van der Waals surface area contributed by atoms with Gasteiger partial charge in [0.2, 0.25) is 5.91 Å². The highest BCUT2D eigenvalue weighted by Crippen LogP contribution is 2.18. The summed E-state index contributed by atoms with van der Waals surface area (Å²) in [7, 11) is 3.67. The number of aliphatic imine (C=N–C) groups is 1. The average molecular weight is 576 g/mol. The molecule has 1 N–H and O–H groups in total. The summed E-state index contributed by atoms with van der Waals surface area (Å²) in [4.78, 5) is 23.5. The first kappa shape index (κ1) is 24.1. The lowest BCUT2D eigenvalue weighted by Crippen LogP contribution is -2.43. The molecule has 1 aromatic carbocycles. The van der Waals surface area contributed by atoms with Gasteiger partial charge in [-0.05, 0) is 18.1 Å². The molecule has 1 aromatic rings. The number of benzene rings is 1. The Balaban J connectivity index is 0.00000300. The molecule has 0 saturated carbocycles. The number of nitrogens with zero attached hydrogens (tertiary/aromatic N) is 4. The molecular weight excluding hydrogens is 545 g/mol. The van der Waals surface area contributed by atoms with E-state index in [1.165, 1.54) is 0 Å². The maximum absolute atomic E-state index is 12.5. The van der Waals surface area contributed by atoms with Crippen molar-refractivity contribution in [1.82, 2.24) is 20.0 Å². The molecule has 1 saturated heterocycles. The smallest absolute Gasteiger partial charge is 0.224 e. The van der Waals surface area contributed by atoms with E-state index in [4.69, 9.17) is 0 Å². The minimum atomic E-state index is 0. The first-order valence-electron chi connectivity index (χ1n) is 9.90. The Labute approximate surface area is 199 Å². The van der Waals surface area contributed by atoms with E-state index in [1.54, 1.807) is 4.90 Å². The summed E-state index contributed by atoms with van der Waals surface area (Å²) >= 11 is 3.54. The van der Waals surface area contributed by atoms with Crippen molar-refractivity contribution in [3.05, 3.63) is 46.5 Å². The molecule has 1 fully saturated rings. The molecule has 0 spiro atoms. The van der Waals surface area contributed by atoms with Crippen LogP contribution in [0.2, 0.25) is 0 Å². The van der Waals surface area contributed by atoms with Crippen molar-refractivity contribution in [2.24, 2.45) is 4.99 Å². The molecule has 160 valence electrons. The fourth-order valence-electron chi connectivity index (χ4n) is 3.80. The monoisotopic (exact) mass is 575 g/mol. The summed E-state index contributed by atoms with van der Waals surface area (Å²) in [6, 6.07) is 8.60. The van der Waals surface area contributed by atoms with Crippen LogP contribution in [0.4, 0.5) is 0 Å². The van der Waals surface area contributed by atoms with Crippen LogP contribution in [-0.4, -0.2) is 79.4 Å². The minimum absolute atomic E-state index is 0. The molecule has 0 bridgehead atoms. The largest absolute Gasteiger partial charge is 0.356 e. The normalized spacial score (nSPS) is 19.3. The number of amides is 1. The lowest BCUT2D eigenvalue weighted by molar-refractivity contribution is -0.130. The molecule has 29 heavy (non-hydrogen) atoms. The lowest BCUT2D eigenvalue weighted by atomic mass is 10.2. The van der Waals surface area contributed by atoms with Gasteiger partial charge in [0.25, 0.3) is 0 Å². The summed E-state index contributed by atoms with van der Waals surface area (Å²) in [5.74, 6) is 1.03. The molecule has 2 aliphatic rings. The van der Waals surface area contributed by atoms with Gasteiger partial charge in [0, 0.05) is 70.3 Å². The van der Waals surface area contributed by atoms with Gasteiger partial charge in [-0.15, -0.1) is 24.0 Å². The van der Waals surface area contributed by atoms with E-state index in [-0.39, 0.29) is 29.9 Å². The van der Waals surface area contributed by atoms with E-state index in [0.717, 1.165) is 48.6 Å². The summed E-state index contributed by atoms with van der Waals surface area (Å²) in [5, 5.41) is 3.37. The van der Waals surface area contributed by atoms with Gasteiger partial charge in [0.15, 0.2) is 5.96 Å². The second-order valence-corrected chi connectivity index (χ2v) is 8.23. The zero-order chi connectivity index (χ0) is 19.9. The van der Waals surface area contributed by atoms with E-state index in [9.17, 15) is 4.79 Å². The van der Waals surface area contributed by atoms with Gasteiger partial charge in [0.1, 0.15) is 0 Å². The van der Waals surface area contributed by atoms with Crippen molar-refractivity contribution in [1.29, 1.82) is 0 Å². The number of carbonyl (C=O) groups is 1. The molecule has 2 aliphatic heterocycles. The van der Waals surface area contributed by atoms with Crippen molar-refractivity contribution in [3.8, 4) is 0 Å². The zero-order valence-electron chi connectivity index (χ0n) is 17.2. The Morgan fingerprint density at radius 2 is 2.03 bits per heavy atom. The second-order valence-electron chi connectivity index (χ2n) is 7.38. The Kier molecular flexibility index (Phi) is 9.91. The van der Waals surface area contributed by atoms with Gasteiger partial charge in [-0.25, -0.2) is 0 Å². The minimum Gasteiger partial charge on any atom is -0.356 e. The number of hydrogen-bond donors (Lipinski definition) is 1. The molecule has 2 heterocycles. The van der Waals surface area contributed by atoms with Crippen LogP contribution in [0.1, 0.15) is 18.4 Å². The maximum Gasteiger partial charge on any atom is 0.224 e. The van der Waals surface area contributed by atoms with Crippen molar-refractivity contribution in [2.75, 3.05) is 46.8 Å². The summed E-state index contributed by atoms with van der Waals surface area (Å²) in [6.45, 7) is 5.32. The summed E-state index contributed by atoms with van der Waals surface area (Å²) in [6.07, 6.45) is 6.10. The molecule has 0 aliphatic carbocycles. The molecule has 8 heteroatoms. The van der Waals surface area contributed by atoms with Gasteiger partial charge in [-0.1, -0.05) is 46.3 Å². The van der Waals surface area contributed by atoms with Gasteiger partial charge in [-0.2, -0.15) is 0 Å². The number of carbonyl (C=O) groups excluding carboxylic acids is 1. The summed E-state index contributed by atoms with van der Waals surface area (Å²) in [5.41, 5.74) is 1.11. The first-order chi connectivity index (χ1) is 13.6. The highest BCUT2D eigenvalue weighted by Gasteiger charge is 2.29. The number of halogens is 2. The molecular formula is C21H31BrIN5O. The van der Waals surface area contributed by atoms with Crippen LogP contribution in [0.3, 0.4) is 0 Å². The van der Waals surface area contributed by atoms with E-state index >= 15 is 0 Å². The molecule has 1 atom stereocenters. The van der Waals surface area contributed by atoms with Crippen molar-refractivity contribution < 1.29 is 4.79 Å². The Morgan fingerprint density at radius 3 is 2.72 bits per heavy atom. The maximum atomic E-state index is 12.5. The number of nitrogens with one attached hydrogen (secondary N) is 1. The summed E-state index contributed by atoms with van der Waals surface area (Å²) < 4.78 is 1.03. The average Bonchev–Trinajstić information content (AvgIpc) is 3.38. The fraction of sp³-hybridized carbons (Fsp3) is 0.524. The molecule has 6 nitrogen and oxygen atoms in total. The number of rotatable bonds is 6. The van der Waals surface area contributed by atoms with Gasteiger partial charge < -0.3 is 15.1 Å². The predicted molar refractivity (Wildman–Crippen MR) is 133 cm³/mol. The highest BCUT2D eigenvalue weighted by atomic mass is 127. The van der Waals surface area contributed by atoms with E-state index < -0.39 is 0 Å². The third kappa shape index (κ3) is 6.68. The van der Waals surface area contributed by atoms with Crippen LogP contribution >= 0.6 is 39.9 Å². The second kappa shape index (κ2) is 11.9. The van der Waals surface area contributed by atoms with E-state index in [0.29, 0.717) is 25.6 Å². The third-order valence-corrected chi connectivity index (χ3v) is 6.22. The fourth-order valence-corrected chi connectivity index (χ4v) is 4.21. The van der Waals surface area contributed by atoms with Crippen LogP contribution in [0, 0.1) is 0 Å². The van der Waals surface area contributed by atoms with Crippen LogP contribution in [0.5, 0.6) is 0 Å². The lowest BCUT2D eigenvalue weighted by Gasteiger charge is -2.25. The SMILES string of the molecule is CN=C(NCCC(=O)N(C)Cc1ccccc1Br)N1CCC(N2CC=CC2)C1.I. The first-order valence-corrected chi connectivity index (χ1v) is 10.7. The topological polar surface area (TPSA) is 51.2 Å². The highest BCUT2D eigenvalue weighted by molar-refractivity contribution is 14.0. The quantitative estimate of drug-likeness (QED) is 0.245. The molecule has 0 radical (unpaired) electrons. The molecule has 1 unspecified atom stereocenters. The number of hydrogen-bond acceptors (Lipinski definition) is 3. The van der Waals surface area contributed by atoms with E-state index in [1.807, 2.05) is 38.4 Å². The molecule has 0 aromatic heterocycles.